The Kier molecular flexibility index (Phi) is 5.08. The van der Waals surface area contributed by atoms with E-state index in [4.69, 9.17) is 5.26 Å². The third-order valence-electron chi connectivity index (χ3n) is 3.53. The lowest BCUT2D eigenvalue weighted by Gasteiger charge is -2.19. The van der Waals surface area contributed by atoms with E-state index in [1.807, 2.05) is 0 Å². The van der Waals surface area contributed by atoms with Crippen LogP contribution in [0.4, 0.5) is 4.39 Å². The fourth-order valence-corrected chi connectivity index (χ4v) is 2.42. The summed E-state index contributed by atoms with van der Waals surface area (Å²) >= 11 is 0. The minimum absolute atomic E-state index is 0.0532. The monoisotopic (exact) mass is 275 g/mol. The average Bonchev–Trinajstić information content (AvgIpc) is 2.93. The molecule has 0 saturated carbocycles. The van der Waals surface area contributed by atoms with Crippen LogP contribution in [0.5, 0.6) is 0 Å². The molecule has 4 nitrogen and oxygen atoms in total. The normalized spacial score (nSPS) is 18.0. The number of benzene rings is 1. The number of nitrogens with one attached hydrogen (secondary N) is 1. The van der Waals surface area contributed by atoms with Crippen molar-refractivity contribution in [2.24, 2.45) is 0 Å². The van der Waals surface area contributed by atoms with E-state index in [2.05, 4.69) is 11.4 Å². The summed E-state index contributed by atoms with van der Waals surface area (Å²) in [5, 5.41) is 11.9. The maximum atomic E-state index is 13.4. The van der Waals surface area contributed by atoms with Crippen LogP contribution in [0.3, 0.4) is 0 Å². The van der Waals surface area contributed by atoms with Gasteiger partial charge in [0.25, 0.3) is 0 Å². The molecule has 0 bridgehead atoms. The van der Waals surface area contributed by atoms with Crippen molar-refractivity contribution in [2.45, 2.75) is 25.3 Å². The van der Waals surface area contributed by atoms with E-state index in [1.54, 1.807) is 23.1 Å². The third kappa shape index (κ3) is 3.55. The molecule has 1 unspecified atom stereocenters. The second-order valence-electron chi connectivity index (χ2n) is 4.89. The smallest absolute Gasteiger partial charge is 0.237 e. The highest BCUT2D eigenvalue weighted by atomic mass is 19.1. The molecule has 1 amide bonds. The quantitative estimate of drug-likeness (QED) is 0.828. The van der Waals surface area contributed by atoms with Crippen molar-refractivity contribution in [1.82, 2.24) is 10.2 Å². The van der Waals surface area contributed by atoms with Crippen LogP contribution in [0.15, 0.2) is 24.3 Å². The Balaban J connectivity index is 1.72. The van der Waals surface area contributed by atoms with Gasteiger partial charge in [0.15, 0.2) is 0 Å². The number of hydrogen-bond donors (Lipinski definition) is 1. The highest BCUT2D eigenvalue weighted by molar-refractivity contribution is 5.79. The van der Waals surface area contributed by atoms with Gasteiger partial charge in [0.05, 0.1) is 12.6 Å². The molecule has 1 fully saturated rings. The molecule has 1 heterocycles. The van der Waals surface area contributed by atoms with Gasteiger partial charge in [-0.25, -0.2) is 4.39 Å². The van der Waals surface area contributed by atoms with Crippen molar-refractivity contribution in [3.63, 3.8) is 0 Å². The summed E-state index contributed by atoms with van der Waals surface area (Å²) < 4.78 is 13.4. The SMILES string of the molecule is N#CC1CCCN1C(=O)CNCCc1ccccc1F. The average molecular weight is 275 g/mol. The van der Waals surface area contributed by atoms with Crippen LogP contribution in [-0.4, -0.2) is 36.5 Å². The molecule has 1 atom stereocenters. The lowest BCUT2D eigenvalue weighted by molar-refractivity contribution is -0.130. The molecule has 0 spiro atoms. The van der Waals surface area contributed by atoms with Gasteiger partial charge >= 0.3 is 0 Å². The van der Waals surface area contributed by atoms with Gasteiger partial charge in [-0.3, -0.25) is 4.79 Å². The molecule has 1 aromatic carbocycles. The molecular weight excluding hydrogens is 257 g/mol. The third-order valence-corrected chi connectivity index (χ3v) is 3.53. The van der Waals surface area contributed by atoms with Crippen molar-refractivity contribution in [1.29, 1.82) is 5.26 Å². The first-order chi connectivity index (χ1) is 9.72. The minimum atomic E-state index is -0.282. The van der Waals surface area contributed by atoms with E-state index in [-0.39, 0.29) is 24.3 Å². The molecule has 1 saturated heterocycles. The molecule has 1 aromatic rings. The molecular formula is C15H18FN3O. The van der Waals surface area contributed by atoms with Crippen LogP contribution < -0.4 is 5.32 Å². The molecule has 1 aliphatic rings. The van der Waals surface area contributed by atoms with Crippen molar-refractivity contribution < 1.29 is 9.18 Å². The first-order valence-corrected chi connectivity index (χ1v) is 6.85. The van der Waals surface area contributed by atoms with E-state index in [0.29, 0.717) is 25.1 Å². The Hall–Kier alpha value is -1.93. The van der Waals surface area contributed by atoms with E-state index >= 15 is 0 Å². The van der Waals surface area contributed by atoms with Crippen LogP contribution in [0, 0.1) is 17.1 Å². The summed E-state index contributed by atoms with van der Waals surface area (Å²) in [7, 11) is 0. The number of nitriles is 1. The largest absolute Gasteiger partial charge is 0.326 e. The summed E-state index contributed by atoms with van der Waals surface area (Å²) in [5.41, 5.74) is 0.642. The van der Waals surface area contributed by atoms with E-state index in [9.17, 15) is 9.18 Å². The molecule has 1 N–H and O–H groups in total. The number of rotatable bonds is 5. The number of carbonyl (C=O) groups is 1. The summed E-state index contributed by atoms with van der Waals surface area (Å²) in [6, 6.07) is 8.49. The van der Waals surface area contributed by atoms with Crippen molar-refractivity contribution in [3.05, 3.63) is 35.6 Å². The van der Waals surface area contributed by atoms with Gasteiger partial charge in [0, 0.05) is 6.54 Å². The highest BCUT2D eigenvalue weighted by Crippen LogP contribution is 2.15. The fourth-order valence-electron chi connectivity index (χ4n) is 2.42. The summed E-state index contributed by atoms with van der Waals surface area (Å²) in [5.74, 6) is -0.271. The Morgan fingerprint density at radius 1 is 1.50 bits per heavy atom. The predicted molar refractivity (Wildman–Crippen MR) is 73.3 cm³/mol. The topological polar surface area (TPSA) is 56.1 Å². The maximum Gasteiger partial charge on any atom is 0.237 e. The number of likely N-dealkylation sites (tertiary alicyclic amines) is 1. The van der Waals surface area contributed by atoms with Gasteiger partial charge in [-0.1, -0.05) is 18.2 Å². The Morgan fingerprint density at radius 2 is 2.30 bits per heavy atom. The lowest BCUT2D eigenvalue weighted by atomic mass is 10.1. The zero-order valence-corrected chi connectivity index (χ0v) is 11.3. The zero-order valence-electron chi connectivity index (χ0n) is 11.3. The van der Waals surface area contributed by atoms with Gasteiger partial charge in [-0.15, -0.1) is 0 Å². The number of amides is 1. The van der Waals surface area contributed by atoms with Gasteiger partial charge in [-0.05, 0) is 37.4 Å². The van der Waals surface area contributed by atoms with Crippen molar-refractivity contribution >= 4 is 5.91 Å². The number of carbonyl (C=O) groups excluding carboxylic acids is 1. The van der Waals surface area contributed by atoms with Crippen LogP contribution in [0.2, 0.25) is 0 Å². The van der Waals surface area contributed by atoms with Gasteiger partial charge in [0.2, 0.25) is 5.91 Å². The Labute approximate surface area is 118 Å². The van der Waals surface area contributed by atoms with Crippen LogP contribution in [-0.2, 0) is 11.2 Å². The standard InChI is InChI=1S/C15H18FN3O/c16-14-6-2-1-4-12(14)7-8-18-11-15(20)19-9-3-5-13(19)10-17/h1-2,4,6,13,18H,3,5,7-9,11H2. The second-order valence-corrected chi connectivity index (χ2v) is 4.89. The molecule has 1 aliphatic heterocycles. The van der Waals surface area contributed by atoms with Gasteiger partial charge in [-0.2, -0.15) is 5.26 Å². The fraction of sp³-hybridized carbons (Fsp3) is 0.467. The van der Waals surface area contributed by atoms with E-state index in [0.717, 1.165) is 12.8 Å². The minimum Gasteiger partial charge on any atom is -0.326 e. The van der Waals surface area contributed by atoms with E-state index in [1.165, 1.54) is 6.07 Å². The molecule has 0 aromatic heterocycles. The summed E-state index contributed by atoms with van der Waals surface area (Å²) in [6.45, 7) is 1.40. The molecule has 5 heteroatoms. The van der Waals surface area contributed by atoms with Crippen molar-refractivity contribution in [3.8, 4) is 6.07 Å². The first kappa shape index (κ1) is 14.5. The molecule has 106 valence electrons. The molecule has 20 heavy (non-hydrogen) atoms. The zero-order chi connectivity index (χ0) is 14.4. The molecule has 2 rings (SSSR count). The van der Waals surface area contributed by atoms with Gasteiger partial charge < -0.3 is 10.2 Å². The predicted octanol–water partition coefficient (Wildman–Crippen LogP) is 1.47. The van der Waals surface area contributed by atoms with Gasteiger partial charge in [0.1, 0.15) is 11.9 Å². The lowest BCUT2D eigenvalue weighted by Crippen LogP contribution is -2.41. The number of halogens is 1. The number of hydrogen-bond acceptors (Lipinski definition) is 3. The number of nitrogens with zero attached hydrogens (tertiary/aromatic N) is 2. The first-order valence-electron chi connectivity index (χ1n) is 6.85. The van der Waals surface area contributed by atoms with Crippen LogP contribution in [0.1, 0.15) is 18.4 Å². The van der Waals surface area contributed by atoms with Crippen LogP contribution >= 0.6 is 0 Å². The Bertz CT molecular complexity index is 512. The maximum absolute atomic E-state index is 13.4. The summed E-state index contributed by atoms with van der Waals surface area (Å²) in [6.07, 6.45) is 2.19. The highest BCUT2D eigenvalue weighted by Gasteiger charge is 2.27. The summed E-state index contributed by atoms with van der Waals surface area (Å²) in [4.78, 5) is 13.6. The van der Waals surface area contributed by atoms with Crippen molar-refractivity contribution in [2.75, 3.05) is 19.6 Å². The van der Waals surface area contributed by atoms with E-state index < -0.39 is 0 Å². The second kappa shape index (κ2) is 7.01. The Morgan fingerprint density at radius 3 is 3.05 bits per heavy atom. The molecule has 0 aliphatic carbocycles. The molecule has 0 radical (unpaired) electrons. The van der Waals surface area contributed by atoms with Crippen LogP contribution in [0.25, 0.3) is 0 Å².